The Kier molecular flexibility index (Phi) is 6.55. The molecule has 5 heteroatoms. The lowest BCUT2D eigenvalue weighted by Gasteiger charge is -2.18. The molecule has 0 unspecified atom stereocenters. The van der Waals surface area contributed by atoms with Gasteiger partial charge in [-0.15, -0.1) is 11.3 Å². The summed E-state index contributed by atoms with van der Waals surface area (Å²) in [6, 6.07) is 13.7. The highest BCUT2D eigenvalue weighted by molar-refractivity contribution is 7.13. The quantitative estimate of drug-likeness (QED) is 0.774. The zero-order chi connectivity index (χ0) is 17.5. The number of rotatable bonds is 7. The third-order valence-corrected chi connectivity index (χ3v) is 4.86. The first kappa shape index (κ1) is 18.2. The Morgan fingerprint density at radius 3 is 2.46 bits per heavy atom. The molecule has 1 heterocycles. The van der Waals surface area contributed by atoms with Crippen molar-refractivity contribution in [1.29, 1.82) is 0 Å². The summed E-state index contributed by atoms with van der Waals surface area (Å²) in [5.74, 6) is -0.477. The molecule has 2 rings (SSSR count). The van der Waals surface area contributed by atoms with Crippen LogP contribution < -0.4 is 5.32 Å². The molecule has 0 bridgehead atoms. The van der Waals surface area contributed by atoms with E-state index in [1.165, 1.54) is 16.9 Å². The molecule has 0 fully saturated rings. The number of nitrogens with one attached hydrogen (secondary N) is 1. The van der Waals surface area contributed by atoms with Gasteiger partial charge < -0.3 is 10.1 Å². The van der Waals surface area contributed by atoms with E-state index in [2.05, 4.69) is 24.4 Å². The third-order valence-electron chi connectivity index (χ3n) is 3.88. The van der Waals surface area contributed by atoms with Gasteiger partial charge in [0.15, 0.2) is 6.10 Å². The van der Waals surface area contributed by atoms with Crippen LogP contribution in [0.1, 0.15) is 46.3 Å². The molecule has 0 aliphatic heterocycles. The van der Waals surface area contributed by atoms with E-state index in [-0.39, 0.29) is 11.8 Å². The number of thiophene rings is 1. The average Bonchev–Trinajstić information content (AvgIpc) is 3.02. The first-order valence-corrected chi connectivity index (χ1v) is 8.93. The number of carbonyl (C=O) groups excluding carboxylic acids is 2. The molecule has 1 aromatic heterocycles. The number of amides is 1. The van der Waals surface area contributed by atoms with Crippen molar-refractivity contribution in [2.75, 3.05) is 6.54 Å². The van der Waals surface area contributed by atoms with E-state index in [4.69, 9.17) is 4.74 Å². The molecule has 128 valence electrons. The van der Waals surface area contributed by atoms with Crippen molar-refractivity contribution < 1.29 is 14.3 Å². The van der Waals surface area contributed by atoms with Crippen LogP contribution in [0.5, 0.6) is 0 Å². The van der Waals surface area contributed by atoms with Crippen LogP contribution in [-0.2, 0) is 9.53 Å². The molecule has 2 atom stereocenters. The van der Waals surface area contributed by atoms with Crippen molar-refractivity contribution >= 4 is 23.2 Å². The first-order valence-electron chi connectivity index (χ1n) is 8.11. The largest absolute Gasteiger partial charge is 0.448 e. The molecule has 0 saturated carbocycles. The van der Waals surface area contributed by atoms with Crippen molar-refractivity contribution in [3.63, 3.8) is 0 Å². The molecular weight excluding hydrogens is 322 g/mol. The summed E-state index contributed by atoms with van der Waals surface area (Å²) in [7, 11) is 0. The first-order chi connectivity index (χ1) is 11.5. The number of hydrogen-bond acceptors (Lipinski definition) is 4. The highest BCUT2D eigenvalue weighted by atomic mass is 32.1. The fraction of sp³-hybridized carbons (Fsp3) is 0.368. The molecule has 1 aromatic carbocycles. The summed E-state index contributed by atoms with van der Waals surface area (Å²) < 4.78 is 5.24. The molecule has 0 saturated heterocycles. The van der Waals surface area contributed by atoms with Gasteiger partial charge in [-0.25, -0.2) is 4.79 Å². The maximum absolute atomic E-state index is 12.2. The standard InChI is InChI=1S/C19H23NO3S/c1-4-15(16-8-6-5-7-9-16)12-20-18(21)14(3)23-19(22)17-11-10-13(2)24-17/h5-11,14-15H,4,12H2,1-3H3,(H,20,21)/t14-,15+/m1/s1. The van der Waals surface area contributed by atoms with Crippen molar-refractivity contribution in [3.05, 3.63) is 57.8 Å². The van der Waals surface area contributed by atoms with Crippen LogP contribution >= 0.6 is 11.3 Å². The van der Waals surface area contributed by atoms with Crippen LogP contribution in [0.25, 0.3) is 0 Å². The predicted octanol–water partition coefficient (Wildman–Crippen LogP) is 3.91. The molecule has 24 heavy (non-hydrogen) atoms. The van der Waals surface area contributed by atoms with Crippen LogP contribution in [0.15, 0.2) is 42.5 Å². The van der Waals surface area contributed by atoms with Gasteiger partial charge >= 0.3 is 5.97 Å². The van der Waals surface area contributed by atoms with Crippen LogP contribution in [0.3, 0.4) is 0 Å². The summed E-state index contributed by atoms with van der Waals surface area (Å²) in [5, 5.41) is 2.88. The van der Waals surface area contributed by atoms with E-state index in [1.54, 1.807) is 13.0 Å². The second kappa shape index (κ2) is 8.64. The number of carbonyl (C=O) groups is 2. The average molecular weight is 345 g/mol. The normalized spacial score (nSPS) is 13.1. The van der Waals surface area contributed by atoms with E-state index < -0.39 is 12.1 Å². The summed E-state index contributed by atoms with van der Waals surface area (Å²) in [6.07, 6.45) is 0.112. The van der Waals surface area contributed by atoms with Gasteiger partial charge in [-0.3, -0.25) is 4.79 Å². The van der Waals surface area contributed by atoms with Crippen molar-refractivity contribution in [1.82, 2.24) is 5.32 Å². The second-order valence-electron chi connectivity index (χ2n) is 5.72. The Morgan fingerprint density at radius 2 is 1.88 bits per heavy atom. The molecule has 0 aliphatic rings. The van der Waals surface area contributed by atoms with Crippen molar-refractivity contribution in [2.45, 2.75) is 39.2 Å². The van der Waals surface area contributed by atoms with Gasteiger partial charge in [0.2, 0.25) is 0 Å². The minimum Gasteiger partial charge on any atom is -0.448 e. The van der Waals surface area contributed by atoms with Gasteiger partial charge in [0.1, 0.15) is 4.88 Å². The summed E-state index contributed by atoms with van der Waals surface area (Å²) in [5.41, 5.74) is 1.19. The topological polar surface area (TPSA) is 55.4 Å². The lowest BCUT2D eigenvalue weighted by atomic mass is 9.96. The van der Waals surface area contributed by atoms with Crippen molar-refractivity contribution in [2.24, 2.45) is 0 Å². The Morgan fingerprint density at radius 1 is 1.17 bits per heavy atom. The number of aryl methyl sites for hydroxylation is 1. The van der Waals surface area contributed by atoms with Crippen LogP contribution in [0.2, 0.25) is 0 Å². The molecule has 0 aliphatic carbocycles. The summed E-state index contributed by atoms with van der Waals surface area (Å²) in [6.45, 7) is 6.13. The molecule has 4 nitrogen and oxygen atoms in total. The Bertz CT molecular complexity index is 681. The number of esters is 1. The fourth-order valence-corrected chi connectivity index (χ4v) is 3.16. The molecule has 1 N–H and O–H groups in total. The van der Waals surface area contributed by atoms with Gasteiger partial charge in [-0.1, -0.05) is 37.3 Å². The van der Waals surface area contributed by atoms with E-state index in [0.717, 1.165) is 11.3 Å². The smallest absolute Gasteiger partial charge is 0.349 e. The van der Waals surface area contributed by atoms with Crippen LogP contribution in [0, 0.1) is 6.92 Å². The third kappa shape index (κ3) is 4.93. The van der Waals surface area contributed by atoms with Gasteiger partial charge in [0, 0.05) is 17.3 Å². The van der Waals surface area contributed by atoms with Crippen molar-refractivity contribution in [3.8, 4) is 0 Å². The van der Waals surface area contributed by atoms with Gasteiger partial charge in [0.25, 0.3) is 5.91 Å². The van der Waals surface area contributed by atoms with Gasteiger partial charge in [-0.05, 0) is 38.0 Å². The zero-order valence-electron chi connectivity index (χ0n) is 14.2. The molecule has 0 spiro atoms. The second-order valence-corrected chi connectivity index (χ2v) is 7.01. The Hall–Kier alpha value is -2.14. The Balaban J connectivity index is 1.86. The molecular formula is C19H23NO3S. The van der Waals surface area contributed by atoms with E-state index in [1.807, 2.05) is 31.2 Å². The zero-order valence-corrected chi connectivity index (χ0v) is 15.1. The maximum Gasteiger partial charge on any atom is 0.349 e. The summed E-state index contributed by atoms with van der Waals surface area (Å²) >= 11 is 1.36. The van der Waals surface area contributed by atoms with E-state index in [0.29, 0.717) is 11.4 Å². The lowest BCUT2D eigenvalue weighted by molar-refractivity contribution is -0.129. The number of benzene rings is 1. The summed E-state index contributed by atoms with van der Waals surface area (Å²) in [4.78, 5) is 25.7. The number of hydrogen-bond donors (Lipinski definition) is 1. The fourth-order valence-electron chi connectivity index (χ4n) is 2.41. The predicted molar refractivity (Wildman–Crippen MR) is 96.4 cm³/mol. The van der Waals surface area contributed by atoms with E-state index in [9.17, 15) is 9.59 Å². The van der Waals surface area contributed by atoms with Gasteiger partial charge in [-0.2, -0.15) is 0 Å². The van der Waals surface area contributed by atoms with Gasteiger partial charge in [0.05, 0.1) is 0 Å². The molecule has 0 radical (unpaired) electrons. The monoisotopic (exact) mass is 345 g/mol. The highest BCUT2D eigenvalue weighted by Gasteiger charge is 2.20. The minimum absolute atomic E-state index is 0.248. The van der Waals surface area contributed by atoms with Crippen LogP contribution in [0.4, 0.5) is 0 Å². The lowest BCUT2D eigenvalue weighted by Crippen LogP contribution is -2.37. The number of ether oxygens (including phenoxy) is 1. The molecule has 1 amide bonds. The van der Waals surface area contributed by atoms with Crippen LogP contribution in [-0.4, -0.2) is 24.5 Å². The van der Waals surface area contributed by atoms with E-state index >= 15 is 0 Å². The minimum atomic E-state index is -0.812. The molecule has 2 aromatic rings. The maximum atomic E-state index is 12.2. The SMILES string of the molecule is CC[C@@H](CNC(=O)[C@@H](C)OC(=O)c1ccc(C)s1)c1ccccc1. The Labute approximate surface area is 146 Å². The highest BCUT2D eigenvalue weighted by Crippen LogP contribution is 2.19.